The number of carbonyl (C=O) groups is 1. The summed E-state index contributed by atoms with van der Waals surface area (Å²) in [4.78, 5) is 11.6. The number of esters is 1. The molecule has 0 unspecified atom stereocenters. The molecule has 1 aromatic rings. The molecule has 2 N–H and O–H groups in total. The average molecular weight is 350 g/mol. The predicted molar refractivity (Wildman–Crippen MR) is 79.8 cm³/mol. The fourth-order valence-electron chi connectivity index (χ4n) is 1.38. The van der Waals surface area contributed by atoms with Crippen LogP contribution in [0.5, 0.6) is 0 Å². The predicted octanol–water partition coefficient (Wildman–Crippen LogP) is 2.33. The van der Waals surface area contributed by atoms with Crippen molar-refractivity contribution in [1.82, 2.24) is 9.78 Å². The van der Waals surface area contributed by atoms with Crippen LogP contribution in [-0.2, 0) is 16.2 Å². The number of anilines is 1. The third-order valence-corrected chi connectivity index (χ3v) is 4.82. The summed E-state index contributed by atoms with van der Waals surface area (Å²) >= 11 is 3.19. The lowest BCUT2D eigenvalue weighted by Gasteiger charge is -2.15. The van der Waals surface area contributed by atoms with E-state index in [1.165, 1.54) is 11.8 Å². The molecule has 0 radical (unpaired) electrons. The zero-order valence-corrected chi connectivity index (χ0v) is 14.3. The van der Waals surface area contributed by atoms with Crippen molar-refractivity contribution in [3.63, 3.8) is 0 Å². The fourth-order valence-corrected chi connectivity index (χ4v) is 2.52. The van der Waals surface area contributed by atoms with Gasteiger partial charge in [0.15, 0.2) is 10.3 Å². The Kier molecular flexibility index (Phi) is 5.57. The Morgan fingerprint density at radius 2 is 2.11 bits per heavy atom. The molecule has 0 atom stereocenters. The number of carbonyl (C=O) groups excluding carboxylic acids is 1. The zero-order valence-electron chi connectivity index (χ0n) is 11.7. The number of methoxy groups -OCH3 is 1. The Morgan fingerprint density at radius 3 is 2.63 bits per heavy atom. The molecule has 0 spiro atoms. The first-order valence-corrected chi connectivity index (χ1v) is 10.4. The molecule has 0 fully saturated rings. The summed E-state index contributed by atoms with van der Waals surface area (Å²) in [5, 5.41) is 4.11. The highest BCUT2D eigenvalue weighted by Gasteiger charge is 2.21. The molecule has 1 rings (SSSR count). The number of hydrogen-bond acceptors (Lipinski definition) is 5. The molecule has 0 aliphatic heterocycles. The smallest absolute Gasteiger partial charge is 0.358 e. The van der Waals surface area contributed by atoms with E-state index >= 15 is 0 Å². The van der Waals surface area contributed by atoms with Crippen LogP contribution in [0.3, 0.4) is 0 Å². The van der Waals surface area contributed by atoms with Crippen LogP contribution in [0.2, 0.25) is 25.7 Å². The van der Waals surface area contributed by atoms with E-state index in [0.29, 0.717) is 11.2 Å². The van der Waals surface area contributed by atoms with Gasteiger partial charge in [-0.05, 0) is 22.0 Å². The van der Waals surface area contributed by atoms with Crippen LogP contribution >= 0.6 is 15.9 Å². The third kappa shape index (κ3) is 4.63. The molecule has 0 saturated heterocycles. The number of ether oxygens (including phenoxy) is 2. The van der Waals surface area contributed by atoms with Gasteiger partial charge in [-0.1, -0.05) is 19.6 Å². The highest BCUT2D eigenvalue weighted by Crippen LogP contribution is 2.23. The number of nitrogen functional groups attached to an aromatic ring is 1. The molecule has 19 heavy (non-hydrogen) atoms. The summed E-state index contributed by atoms with van der Waals surface area (Å²) in [5.41, 5.74) is 6.25. The summed E-state index contributed by atoms with van der Waals surface area (Å²) in [6, 6.07) is 1.05. The molecule has 1 heterocycles. The maximum absolute atomic E-state index is 11.6. The topological polar surface area (TPSA) is 79.4 Å². The molecule has 1 aromatic heterocycles. The largest absolute Gasteiger partial charge is 0.464 e. The quantitative estimate of drug-likeness (QED) is 0.484. The van der Waals surface area contributed by atoms with Crippen molar-refractivity contribution < 1.29 is 14.3 Å². The van der Waals surface area contributed by atoms with Crippen LogP contribution in [0, 0.1) is 0 Å². The Labute approximate surface area is 122 Å². The first kappa shape index (κ1) is 16.2. The van der Waals surface area contributed by atoms with Crippen LogP contribution in [0.4, 0.5) is 5.69 Å². The monoisotopic (exact) mass is 349 g/mol. The molecular weight excluding hydrogens is 330 g/mol. The minimum Gasteiger partial charge on any atom is -0.464 e. The molecule has 0 aliphatic carbocycles. The lowest BCUT2D eigenvalue weighted by Crippen LogP contribution is -2.22. The van der Waals surface area contributed by atoms with Gasteiger partial charge in [-0.3, -0.25) is 0 Å². The third-order valence-electron chi connectivity index (χ3n) is 2.53. The average Bonchev–Trinajstić information content (AvgIpc) is 2.59. The molecule has 108 valence electrons. The Balaban J connectivity index is 2.68. The van der Waals surface area contributed by atoms with Crippen LogP contribution in [-0.4, -0.2) is 37.5 Å². The van der Waals surface area contributed by atoms with E-state index in [0.717, 1.165) is 6.04 Å². The second-order valence-corrected chi connectivity index (χ2v) is 11.8. The number of nitrogens with zero attached hydrogens (tertiary/aromatic N) is 2. The zero-order chi connectivity index (χ0) is 14.6. The number of rotatable bonds is 6. The molecule has 0 aliphatic rings. The van der Waals surface area contributed by atoms with E-state index in [4.69, 9.17) is 10.5 Å². The Morgan fingerprint density at radius 1 is 1.47 bits per heavy atom. The number of aromatic nitrogens is 2. The van der Waals surface area contributed by atoms with E-state index in [1.54, 1.807) is 0 Å². The lowest BCUT2D eigenvalue weighted by molar-refractivity contribution is 0.0519. The van der Waals surface area contributed by atoms with Crippen molar-refractivity contribution in [1.29, 1.82) is 0 Å². The number of hydrogen-bond donors (Lipinski definition) is 1. The van der Waals surface area contributed by atoms with Crippen LogP contribution < -0.4 is 5.73 Å². The van der Waals surface area contributed by atoms with Crippen molar-refractivity contribution in [2.24, 2.45) is 0 Å². The summed E-state index contributed by atoms with van der Waals surface area (Å²) in [6.45, 7) is 7.66. The van der Waals surface area contributed by atoms with Gasteiger partial charge >= 0.3 is 5.97 Å². The summed E-state index contributed by atoms with van der Waals surface area (Å²) in [5.74, 6) is -0.524. The Hall–Kier alpha value is -0.863. The number of halogens is 1. The molecule has 0 aromatic carbocycles. The SMILES string of the molecule is COC(=O)c1c(N)c(Br)nn1COCC[Si](C)(C)C. The van der Waals surface area contributed by atoms with Crippen molar-refractivity contribution in [2.75, 3.05) is 19.5 Å². The second kappa shape index (κ2) is 6.53. The first-order chi connectivity index (χ1) is 8.76. The first-order valence-electron chi connectivity index (χ1n) is 5.94. The number of nitrogens with two attached hydrogens (primary N) is 1. The van der Waals surface area contributed by atoms with Gasteiger partial charge in [0.1, 0.15) is 6.73 Å². The standard InChI is InChI=1S/C11H20BrN3O3Si/c1-17-11(16)9-8(13)10(12)14-15(9)7-18-5-6-19(2,3)4/h5-7,13H2,1-4H3. The van der Waals surface area contributed by atoms with Gasteiger partial charge < -0.3 is 15.2 Å². The van der Waals surface area contributed by atoms with Crippen molar-refractivity contribution in [3.05, 3.63) is 10.3 Å². The summed E-state index contributed by atoms with van der Waals surface area (Å²) in [7, 11) is 0.181. The van der Waals surface area contributed by atoms with Gasteiger partial charge in [0.05, 0.1) is 12.8 Å². The molecule has 0 bridgehead atoms. The van der Waals surface area contributed by atoms with Gasteiger partial charge in [-0.15, -0.1) is 0 Å². The maximum Gasteiger partial charge on any atom is 0.358 e. The van der Waals surface area contributed by atoms with Crippen LogP contribution in [0.25, 0.3) is 0 Å². The fraction of sp³-hybridized carbons (Fsp3) is 0.636. The molecule has 8 heteroatoms. The van der Waals surface area contributed by atoms with Gasteiger partial charge in [0, 0.05) is 14.7 Å². The summed E-state index contributed by atoms with van der Waals surface area (Å²) in [6.07, 6.45) is 0. The van der Waals surface area contributed by atoms with Gasteiger partial charge in [-0.2, -0.15) is 5.10 Å². The normalized spacial score (nSPS) is 11.6. The van der Waals surface area contributed by atoms with Gasteiger partial charge in [0.2, 0.25) is 0 Å². The van der Waals surface area contributed by atoms with E-state index in [1.807, 2.05) is 0 Å². The van der Waals surface area contributed by atoms with E-state index in [9.17, 15) is 4.79 Å². The Bertz CT molecular complexity index is 457. The molecule has 0 amide bonds. The lowest BCUT2D eigenvalue weighted by atomic mass is 10.4. The minimum atomic E-state index is -1.12. The molecule has 6 nitrogen and oxygen atoms in total. The molecule has 0 saturated carbocycles. The van der Waals surface area contributed by atoms with Crippen molar-refractivity contribution in [3.8, 4) is 0 Å². The van der Waals surface area contributed by atoms with E-state index in [-0.39, 0.29) is 18.1 Å². The maximum atomic E-state index is 11.6. The van der Waals surface area contributed by atoms with Gasteiger partial charge in [0.25, 0.3) is 0 Å². The highest BCUT2D eigenvalue weighted by atomic mass is 79.9. The second-order valence-electron chi connectivity index (χ2n) is 5.39. The van der Waals surface area contributed by atoms with Crippen molar-refractivity contribution >= 4 is 35.7 Å². The molecular formula is C11H20BrN3O3Si. The van der Waals surface area contributed by atoms with Gasteiger partial charge in [-0.25, -0.2) is 9.48 Å². The minimum absolute atomic E-state index is 0.185. The highest BCUT2D eigenvalue weighted by molar-refractivity contribution is 9.10. The summed E-state index contributed by atoms with van der Waals surface area (Å²) < 4.78 is 12.1. The van der Waals surface area contributed by atoms with Crippen LogP contribution in [0.15, 0.2) is 4.60 Å². The van der Waals surface area contributed by atoms with Crippen molar-refractivity contribution in [2.45, 2.75) is 32.4 Å². The van der Waals surface area contributed by atoms with Crippen LogP contribution in [0.1, 0.15) is 10.5 Å². The van der Waals surface area contributed by atoms with E-state index in [2.05, 4.69) is 45.4 Å². The van der Waals surface area contributed by atoms with E-state index < -0.39 is 14.0 Å².